The first-order valence-electron chi connectivity index (χ1n) is 4.90. The van der Waals surface area contributed by atoms with Crippen molar-refractivity contribution in [1.29, 1.82) is 0 Å². The van der Waals surface area contributed by atoms with E-state index in [0.717, 1.165) is 23.5 Å². The molecule has 0 aliphatic heterocycles. The minimum absolute atomic E-state index is 0.111. The molecule has 1 rings (SSSR count). The average Bonchev–Trinajstić information content (AvgIpc) is 2.28. The maximum absolute atomic E-state index is 5.99. The number of nitrogens with two attached hydrogens (primary N) is 2. The minimum atomic E-state index is -0.111. The molecule has 0 aliphatic carbocycles. The standard InChI is InChI=1S/C11H18N2O2/c1-14-8-3-4-11(15-2)9(7-8)10(13)5-6-12/h3-4,7,10H,5-6,12-13H2,1-2H3/t10-/m0/s1. The summed E-state index contributed by atoms with van der Waals surface area (Å²) in [4.78, 5) is 0. The first-order valence-corrected chi connectivity index (χ1v) is 4.90. The van der Waals surface area contributed by atoms with E-state index in [-0.39, 0.29) is 6.04 Å². The van der Waals surface area contributed by atoms with Crippen molar-refractivity contribution in [1.82, 2.24) is 0 Å². The predicted octanol–water partition coefficient (Wildman–Crippen LogP) is 1.05. The Morgan fingerprint density at radius 3 is 2.53 bits per heavy atom. The molecule has 4 nitrogen and oxygen atoms in total. The molecule has 0 aliphatic rings. The maximum atomic E-state index is 5.99. The summed E-state index contributed by atoms with van der Waals surface area (Å²) in [6, 6.07) is 5.47. The molecule has 0 bridgehead atoms. The van der Waals surface area contributed by atoms with Crippen LogP contribution in [0.5, 0.6) is 11.5 Å². The minimum Gasteiger partial charge on any atom is -0.497 e. The topological polar surface area (TPSA) is 70.5 Å². The second-order valence-electron chi connectivity index (χ2n) is 3.29. The van der Waals surface area contributed by atoms with E-state index in [0.29, 0.717) is 6.54 Å². The zero-order chi connectivity index (χ0) is 11.3. The van der Waals surface area contributed by atoms with Crippen molar-refractivity contribution in [3.8, 4) is 11.5 Å². The van der Waals surface area contributed by atoms with Crippen LogP contribution >= 0.6 is 0 Å². The molecule has 0 fully saturated rings. The third-order valence-corrected chi connectivity index (χ3v) is 2.31. The smallest absolute Gasteiger partial charge is 0.123 e. The van der Waals surface area contributed by atoms with Crippen molar-refractivity contribution in [2.24, 2.45) is 11.5 Å². The second kappa shape index (κ2) is 5.58. The quantitative estimate of drug-likeness (QED) is 0.762. The highest BCUT2D eigenvalue weighted by atomic mass is 16.5. The Labute approximate surface area is 90.2 Å². The highest BCUT2D eigenvalue weighted by Gasteiger charge is 2.12. The third kappa shape index (κ3) is 2.84. The van der Waals surface area contributed by atoms with Gasteiger partial charge in [-0.05, 0) is 31.2 Å². The van der Waals surface area contributed by atoms with Crippen LogP contribution in [-0.4, -0.2) is 20.8 Å². The molecule has 0 aromatic heterocycles. The van der Waals surface area contributed by atoms with E-state index < -0.39 is 0 Å². The van der Waals surface area contributed by atoms with E-state index in [1.54, 1.807) is 14.2 Å². The van der Waals surface area contributed by atoms with Crippen LogP contribution in [0.15, 0.2) is 18.2 Å². The highest BCUT2D eigenvalue weighted by Crippen LogP contribution is 2.29. The SMILES string of the molecule is COc1ccc(OC)c([C@@H](N)CCN)c1. The number of hydrogen-bond acceptors (Lipinski definition) is 4. The van der Waals surface area contributed by atoms with Gasteiger partial charge in [-0.2, -0.15) is 0 Å². The predicted molar refractivity (Wildman–Crippen MR) is 60.1 cm³/mol. The van der Waals surface area contributed by atoms with E-state index in [1.807, 2.05) is 18.2 Å². The molecule has 0 saturated heterocycles. The van der Waals surface area contributed by atoms with Gasteiger partial charge in [0.05, 0.1) is 14.2 Å². The molecule has 15 heavy (non-hydrogen) atoms. The summed E-state index contributed by atoms with van der Waals surface area (Å²) in [7, 11) is 3.25. The summed E-state index contributed by atoms with van der Waals surface area (Å²) in [5.74, 6) is 1.55. The fourth-order valence-corrected chi connectivity index (χ4v) is 1.46. The summed E-state index contributed by atoms with van der Waals surface area (Å²) in [6.07, 6.45) is 0.726. The molecule has 1 atom stereocenters. The van der Waals surface area contributed by atoms with Crippen LogP contribution in [0.25, 0.3) is 0 Å². The van der Waals surface area contributed by atoms with Gasteiger partial charge in [0.15, 0.2) is 0 Å². The number of ether oxygens (including phenoxy) is 2. The lowest BCUT2D eigenvalue weighted by molar-refractivity contribution is 0.394. The van der Waals surface area contributed by atoms with Gasteiger partial charge >= 0.3 is 0 Å². The van der Waals surface area contributed by atoms with Crippen molar-refractivity contribution in [2.45, 2.75) is 12.5 Å². The fraction of sp³-hybridized carbons (Fsp3) is 0.455. The fourth-order valence-electron chi connectivity index (χ4n) is 1.46. The van der Waals surface area contributed by atoms with E-state index in [4.69, 9.17) is 20.9 Å². The molecule has 0 spiro atoms. The van der Waals surface area contributed by atoms with Gasteiger partial charge in [-0.25, -0.2) is 0 Å². The molecule has 84 valence electrons. The number of benzene rings is 1. The molecule has 1 aromatic rings. The highest BCUT2D eigenvalue weighted by molar-refractivity contribution is 5.42. The van der Waals surface area contributed by atoms with Crippen molar-refractivity contribution in [2.75, 3.05) is 20.8 Å². The summed E-state index contributed by atoms with van der Waals surface area (Å²) < 4.78 is 10.4. The van der Waals surface area contributed by atoms with Crippen LogP contribution < -0.4 is 20.9 Å². The Balaban J connectivity index is 3.00. The van der Waals surface area contributed by atoms with Gasteiger partial charge in [-0.3, -0.25) is 0 Å². The zero-order valence-corrected chi connectivity index (χ0v) is 9.19. The first-order chi connectivity index (χ1) is 7.22. The first kappa shape index (κ1) is 11.8. The molecule has 4 heteroatoms. The van der Waals surface area contributed by atoms with E-state index in [9.17, 15) is 0 Å². The van der Waals surface area contributed by atoms with Gasteiger partial charge in [0.25, 0.3) is 0 Å². The summed E-state index contributed by atoms with van der Waals surface area (Å²) in [5, 5.41) is 0. The van der Waals surface area contributed by atoms with E-state index in [2.05, 4.69) is 0 Å². The lowest BCUT2D eigenvalue weighted by atomic mass is 10.0. The number of hydrogen-bond donors (Lipinski definition) is 2. The van der Waals surface area contributed by atoms with E-state index >= 15 is 0 Å². The van der Waals surface area contributed by atoms with Gasteiger partial charge < -0.3 is 20.9 Å². The van der Waals surface area contributed by atoms with Gasteiger partial charge in [-0.1, -0.05) is 0 Å². The maximum Gasteiger partial charge on any atom is 0.123 e. The average molecular weight is 210 g/mol. The Morgan fingerprint density at radius 2 is 2.00 bits per heavy atom. The molecule has 0 heterocycles. The Bertz CT molecular complexity index is 315. The van der Waals surface area contributed by atoms with Gasteiger partial charge in [0, 0.05) is 11.6 Å². The normalized spacial score (nSPS) is 12.3. The van der Waals surface area contributed by atoms with Crippen molar-refractivity contribution in [3.05, 3.63) is 23.8 Å². The zero-order valence-electron chi connectivity index (χ0n) is 9.19. The van der Waals surface area contributed by atoms with Crippen LogP contribution in [-0.2, 0) is 0 Å². The lowest BCUT2D eigenvalue weighted by Gasteiger charge is -2.15. The Kier molecular flexibility index (Phi) is 4.39. The Hall–Kier alpha value is -1.26. The van der Waals surface area contributed by atoms with Crippen LogP contribution in [0.2, 0.25) is 0 Å². The monoisotopic (exact) mass is 210 g/mol. The van der Waals surface area contributed by atoms with Crippen LogP contribution in [0, 0.1) is 0 Å². The third-order valence-electron chi connectivity index (χ3n) is 2.31. The molecule has 4 N–H and O–H groups in total. The van der Waals surface area contributed by atoms with Gasteiger partial charge in [-0.15, -0.1) is 0 Å². The molecular formula is C11H18N2O2. The van der Waals surface area contributed by atoms with Crippen molar-refractivity contribution < 1.29 is 9.47 Å². The van der Waals surface area contributed by atoms with Gasteiger partial charge in [0.1, 0.15) is 11.5 Å². The van der Waals surface area contributed by atoms with E-state index in [1.165, 1.54) is 0 Å². The summed E-state index contributed by atoms with van der Waals surface area (Å²) in [6.45, 7) is 0.557. The number of rotatable bonds is 5. The molecule has 0 unspecified atom stereocenters. The lowest BCUT2D eigenvalue weighted by Crippen LogP contribution is -2.16. The largest absolute Gasteiger partial charge is 0.497 e. The van der Waals surface area contributed by atoms with Crippen LogP contribution in [0.4, 0.5) is 0 Å². The van der Waals surface area contributed by atoms with Crippen LogP contribution in [0.1, 0.15) is 18.0 Å². The van der Waals surface area contributed by atoms with Crippen molar-refractivity contribution >= 4 is 0 Å². The number of methoxy groups -OCH3 is 2. The second-order valence-corrected chi connectivity index (χ2v) is 3.29. The van der Waals surface area contributed by atoms with Gasteiger partial charge in [0.2, 0.25) is 0 Å². The Morgan fingerprint density at radius 1 is 1.27 bits per heavy atom. The summed E-state index contributed by atoms with van der Waals surface area (Å²) >= 11 is 0. The summed E-state index contributed by atoms with van der Waals surface area (Å²) in [5.41, 5.74) is 12.4. The van der Waals surface area contributed by atoms with Crippen LogP contribution in [0.3, 0.4) is 0 Å². The molecule has 0 saturated carbocycles. The molecule has 0 radical (unpaired) electrons. The molecule has 1 aromatic carbocycles. The molecule has 0 amide bonds. The molecular weight excluding hydrogens is 192 g/mol. The van der Waals surface area contributed by atoms with Crippen molar-refractivity contribution in [3.63, 3.8) is 0 Å².